The molecule has 1 aromatic heterocycles. The van der Waals surface area contributed by atoms with E-state index in [4.69, 9.17) is 10.2 Å². The lowest BCUT2D eigenvalue weighted by atomic mass is 10.2. The Hall–Kier alpha value is -1.40. The van der Waals surface area contributed by atoms with E-state index in [1.165, 1.54) is 11.3 Å². The van der Waals surface area contributed by atoms with Crippen LogP contribution in [0.25, 0.3) is 0 Å². The van der Waals surface area contributed by atoms with Gasteiger partial charge in [-0.15, -0.1) is 0 Å². The topological polar surface area (TPSA) is 86.6 Å². The predicted molar refractivity (Wildman–Crippen MR) is 50.3 cm³/mol. The third-order valence-corrected chi connectivity index (χ3v) is 2.25. The number of nitrogens with one attached hydrogen (secondary N) is 1. The van der Waals surface area contributed by atoms with Crippen molar-refractivity contribution in [2.75, 3.05) is 6.61 Å². The summed E-state index contributed by atoms with van der Waals surface area (Å²) in [5.41, 5.74) is 0.398. The second-order valence-corrected chi connectivity index (χ2v) is 3.34. The molecule has 0 bridgehead atoms. The van der Waals surface area contributed by atoms with E-state index in [-0.39, 0.29) is 0 Å². The summed E-state index contributed by atoms with van der Waals surface area (Å²) in [5, 5.41) is 22.7. The van der Waals surface area contributed by atoms with E-state index in [9.17, 15) is 9.59 Å². The summed E-state index contributed by atoms with van der Waals surface area (Å²) in [4.78, 5) is 21.8. The minimum Gasteiger partial charge on any atom is -0.480 e. The van der Waals surface area contributed by atoms with E-state index in [1.54, 1.807) is 16.8 Å². The normalized spacial score (nSPS) is 12.1. The molecule has 3 N–H and O–H groups in total. The molecule has 0 saturated heterocycles. The summed E-state index contributed by atoms with van der Waals surface area (Å²) in [7, 11) is 0. The average Bonchev–Trinajstić information content (AvgIpc) is 2.65. The highest BCUT2D eigenvalue weighted by atomic mass is 32.1. The van der Waals surface area contributed by atoms with E-state index in [2.05, 4.69) is 5.32 Å². The number of carbonyl (C=O) groups is 2. The Morgan fingerprint density at radius 2 is 2.29 bits per heavy atom. The Labute approximate surface area is 84.0 Å². The monoisotopic (exact) mass is 215 g/mol. The van der Waals surface area contributed by atoms with Gasteiger partial charge in [0.25, 0.3) is 5.91 Å². The molecule has 0 spiro atoms. The van der Waals surface area contributed by atoms with Crippen molar-refractivity contribution in [3.63, 3.8) is 0 Å². The molecule has 5 nitrogen and oxygen atoms in total. The van der Waals surface area contributed by atoms with Crippen LogP contribution in [0.4, 0.5) is 0 Å². The standard InChI is InChI=1S/C8H9NO4S/c10-3-6(8(12)13)9-7(11)5-1-2-14-4-5/h1-2,4,6,10H,3H2,(H,9,11)(H,12,13)/t6-/m1/s1. The molecular formula is C8H9NO4S. The SMILES string of the molecule is O=C(N[C@H](CO)C(=O)O)c1ccsc1. The van der Waals surface area contributed by atoms with Gasteiger partial charge in [0.1, 0.15) is 0 Å². The molecule has 1 rings (SSSR count). The molecule has 0 aliphatic heterocycles. The summed E-state index contributed by atoms with van der Waals surface area (Å²) in [6.07, 6.45) is 0. The molecule has 0 saturated carbocycles. The van der Waals surface area contributed by atoms with Gasteiger partial charge in [0.15, 0.2) is 6.04 Å². The van der Waals surface area contributed by atoms with Gasteiger partial charge in [0.05, 0.1) is 12.2 Å². The van der Waals surface area contributed by atoms with Crippen molar-refractivity contribution in [2.24, 2.45) is 0 Å². The second-order valence-electron chi connectivity index (χ2n) is 2.56. The molecule has 0 aliphatic rings. The first-order valence-electron chi connectivity index (χ1n) is 3.82. The Bertz CT molecular complexity index is 322. The number of carboxylic acids is 1. The number of aliphatic carboxylic acids is 1. The van der Waals surface area contributed by atoms with Gasteiger partial charge in [0, 0.05) is 5.38 Å². The quantitative estimate of drug-likeness (QED) is 0.655. The summed E-state index contributed by atoms with van der Waals surface area (Å²) in [6.45, 7) is -0.620. The van der Waals surface area contributed by atoms with E-state index in [0.717, 1.165) is 0 Å². The van der Waals surface area contributed by atoms with Gasteiger partial charge in [-0.2, -0.15) is 11.3 Å². The summed E-state index contributed by atoms with van der Waals surface area (Å²) in [6, 6.07) is 0.332. The largest absolute Gasteiger partial charge is 0.480 e. The van der Waals surface area contributed by atoms with E-state index in [0.29, 0.717) is 5.56 Å². The number of aliphatic hydroxyl groups is 1. The maximum Gasteiger partial charge on any atom is 0.328 e. The van der Waals surface area contributed by atoms with Crippen LogP contribution in [0.1, 0.15) is 10.4 Å². The molecule has 0 fully saturated rings. The number of thiophene rings is 1. The fraction of sp³-hybridized carbons (Fsp3) is 0.250. The van der Waals surface area contributed by atoms with Crippen LogP contribution in [-0.2, 0) is 4.79 Å². The summed E-state index contributed by atoms with van der Waals surface area (Å²) in [5.74, 6) is -1.75. The maximum atomic E-state index is 11.3. The Morgan fingerprint density at radius 1 is 1.57 bits per heavy atom. The molecule has 0 radical (unpaired) electrons. The van der Waals surface area contributed by atoms with Crippen LogP contribution < -0.4 is 5.32 Å². The summed E-state index contributed by atoms with van der Waals surface area (Å²) < 4.78 is 0. The number of carbonyl (C=O) groups excluding carboxylic acids is 1. The van der Waals surface area contributed by atoms with Crippen molar-refractivity contribution < 1.29 is 19.8 Å². The van der Waals surface area contributed by atoms with Crippen molar-refractivity contribution >= 4 is 23.2 Å². The highest BCUT2D eigenvalue weighted by molar-refractivity contribution is 7.08. The number of carboxylic acid groups (broad SMARTS) is 1. The lowest BCUT2D eigenvalue weighted by molar-refractivity contribution is -0.140. The minimum absolute atomic E-state index is 0.398. The van der Waals surface area contributed by atoms with Gasteiger partial charge in [-0.05, 0) is 11.4 Å². The van der Waals surface area contributed by atoms with Crippen molar-refractivity contribution in [2.45, 2.75) is 6.04 Å². The molecule has 76 valence electrons. The average molecular weight is 215 g/mol. The molecular weight excluding hydrogens is 206 g/mol. The smallest absolute Gasteiger partial charge is 0.328 e. The number of rotatable bonds is 4. The van der Waals surface area contributed by atoms with Gasteiger partial charge in [-0.3, -0.25) is 4.79 Å². The fourth-order valence-corrected chi connectivity index (χ4v) is 1.46. The zero-order chi connectivity index (χ0) is 10.6. The molecule has 1 aromatic rings. The van der Waals surface area contributed by atoms with Crippen LogP contribution in [0.15, 0.2) is 16.8 Å². The predicted octanol–water partition coefficient (Wildman–Crippen LogP) is -0.0766. The van der Waals surface area contributed by atoms with Crippen molar-refractivity contribution in [1.82, 2.24) is 5.32 Å². The van der Waals surface area contributed by atoms with E-state index in [1.807, 2.05) is 0 Å². The van der Waals surface area contributed by atoms with E-state index >= 15 is 0 Å². The number of aliphatic hydroxyl groups excluding tert-OH is 1. The Morgan fingerprint density at radius 3 is 2.71 bits per heavy atom. The first-order valence-corrected chi connectivity index (χ1v) is 4.76. The lowest BCUT2D eigenvalue weighted by Gasteiger charge is -2.10. The molecule has 6 heteroatoms. The molecule has 0 aliphatic carbocycles. The van der Waals surface area contributed by atoms with Crippen LogP contribution in [0.5, 0.6) is 0 Å². The van der Waals surface area contributed by atoms with Gasteiger partial charge in [-0.25, -0.2) is 4.79 Å². The van der Waals surface area contributed by atoms with Gasteiger partial charge >= 0.3 is 5.97 Å². The van der Waals surface area contributed by atoms with E-state index < -0.39 is 24.5 Å². The van der Waals surface area contributed by atoms with Crippen LogP contribution in [0.2, 0.25) is 0 Å². The third-order valence-electron chi connectivity index (χ3n) is 1.57. The molecule has 1 amide bonds. The Balaban J connectivity index is 2.60. The van der Waals surface area contributed by atoms with Crippen molar-refractivity contribution in [1.29, 1.82) is 0 Å². The van der Waals surface area contributed by atoms with Crippen molar-refractivity contribution in [3.05, 3.63) is 22.4 Å². The zero-order valence-electron chi connectivity index (χ0n) is 7.14. The first-order chi connectivity index (χ1) is 6.65. The third kappa shape index (κ3) is 2.54. The second kappa shape index (κ2) is 4.73. The maximum absolute atomic E-state index is 11.3. The first kappa shape index (κ1) is 10.7. The molecule has 0 aromatic carbocycles. The van der Waals surface area contributed by atoms with Crippen molar-refractivity contribution in [3.8, 4) is 0 Å². The number of amides is 1. The molecule has 14 heavy (non-hydrogen) atoms. The van der Waals surface area contributed by atoms with Gasteiger partial charge in [-0.1, -0.05) is 0 Å². The van der Waals surface area contributed by atoms with Gasteiger partial charge in [0.2, 0.25) is 0 Å². The zero-order valence-corrected chi connectivity index (χ0v) is 7.95. The fourth-order valence-electron chi connectivity index (χ4n) is 0.821. The van der Waals surface area contributed by atoms with Crippen LogP contribution in [0, 0.1) is 0 Å². The van der Waals surface area contributed by atoms with Crippen LogP contribution in [-0.4, -0.2) is 34.7 Å². The molecule has 0 unspecified atom stereocenters. The lowest BCUT2D eigenvalue weighted by Crippen LogP contribution is -2.43. The van der Waals surface area contributed by atoms with Crippen LogP contribution in [0.3, 0.4) is 0 Å². The number of hydrogen-bond acceptors (Lipinski definition) is 4. The molecule has 1 atom stereocenters. The van der Waals surface area contributed by atoms with Gasteiger partial charge < -0.3 is 15.5 Å². The molecule has 1 heterocycles. The summed E-state index contributed by atoms with van der Waals surface area (Å²) >= 11 is 1.34. The minimum atomic E-state index is -1.25. The highest BCUT2D eigenvalue weighted by Crippen LogP contribution is 2.05. The van der Waals surface area contributed by atoms with Crippen LogP contribution >= 0.6 is 11.3 Å². The number of hydrogen-bond donors (Lipinski definition) is 3. The highest BCUT2D eigenvalue weighted by Gasteiger charge is 2.19. The Kier molecular flexibility index (Phi) is 3.61.